The zero-order chi connectivity index (χ0) is 12.8. The summed E-state index contributed by atoms with van der Waals surface area (Å²) < 4.78 is 0. The topological polar surface area (TPSA) is 53.2 Å². The molecule has 0 aliphatic heterocycles. The maximum Gasteiger partial charge on any atom is 0.319 e. The number of carbonyl (C=O) groups is 1. The van der Waals surface area contributed by atoms with E-state index < -0.39 is 0 Å². The van der Waals surface area contributed by atoms with Gasteiger partial charge in [0.15, 0.2) is 0 Å². The highest BCUT2D eigenvalue weighted by molar-refractivity contribution is 6.35. The quantitative estimate of drug-likeness (QED) is 0.792. The minimum absolute atomic E-state index is 0.204. The normalized spacial score (nSPS) is 12.0. The van der Waals surface area contributed by atoms with Crippen LogP contribution in [-0.2, 0) is 0 Å². The van der Waals surface area contributed by atoms with Crippen LogP contribution in [0.15, 0.2) is 18.2 Å². The van der Waals surface area contributed by atoms with Crippen molar-refractivity contribution in [3.63, 3.8) is 0 Å². The van der Waals surface area contributed by atoms with Gasteiger partial charge >= 0.3 is 6.03 Å². The average molecular weight is 276 g/mol. The van der Waals surface area contributed by atoms with Gasteiger partial charge in [-0.2, -0.15) is 0 Å². The van der Waals surface area contributed by atoms with E-state index in [1.165, 1.54) is 0 Å². The first-order valence-electron chi connectivity index (χ1n) is 5.20. The van der Waals surface area contributed by atoms with Gasteiger partial charge in [-0.3, -0.25) is 0 Å². The molecule has 3 N–H and O–H groups in total. The molecule has 0 radical (unpaired) electrons. The molecule has 17 heavy (non-hydrogen) atoms. The molecule has 6 heteroatoms. The molecule has 1 aromatic rings. The fraction of sp³-hybridized carbons (Fsp3) is 0.364. The van der Waals surface area contributed by atoms with Crippen LogP contribution in [0.3, 0.4) is 0 Å². The first-order valence-corrected chi connectivity index (χ1v) is 5.95. The number of rotatable bonds is 4. The van der Waals surface area contributed by atoms with Crippen molar-refractivity contribution in [3.8, 4) is 0 Å². The fourth-order valence-electron chi connectivity index (χ4n) is 1.11. The third-order valence-corrected chi connectivity index (χ3v) is 2.80. The van der Waals surface area contributed by atoms with Gasteiger partial charge in [0.25, 0.3) is 0 Å². The highest BCUT2D eigenvalue weighted by Gasteiger charge is 2.07. The van der Waals surface area contributed by atoms with Crippen molar-refractivity contribution in [3.05, 3.63) is 28.2 Å². The van der Waals surface area contributed by atoms with Crippen molar-refractivity contribution in [2.75, 3.05) is 18.9 Å². The molecule has 0 aromatic heterocycles. The van der Waals surface area contributed by atoms with Gasteiger partial charge in [0.05, 0.1) is 10.7 Å². The van der Waals surface area contributed by atoms with E-state index >= 15 is 0 Å². The van der Waals surface area contributed by atoms with Gasteiger partial charge in [-0.1, -0.05) is 23.2 Å². The van der Waals surface area contributed by atoms with E-state index in [2.05, 4.69) is 16.0 Å². The Bertz CT molecular complexity index is 398. The van der Waals surface area contributed by atoms with Crippen LogP contribution in [0.2, 0.25) is 10.0 Å². The van der Waals surface area contributed by atoms with Gasteiger partial charge < -0.3 is 16.0 Å². The van der Waals surface area contributed by atoms with Gasteiger partial charge in [-0.05, 0) is 32.2 Å². The Hall–Kier alpha value is -0.970. The molecule has 0 bridgehead atoms. The summed E-state index contributed by atoms with van der Waals surface area (Å²) in [5, 5.41) is 9.34. The monoisotopic (exact) mass is 275 g/mol. The molecule has 1 aromatic carbocycles. The molecule has 4 nitrogen and oxygen atoms in total. The molecule has 0 fully saturated rings. The highest BCUT2D eigenvalue weighted by atomic mass is 35.5. The van der Waals surface area contributed by atoms with Gasteiger partial charge in [-0.25, -0.2) is 4.79 Å². The second-order valence-corrected chi connectivity index (χ2v) is 4.49. The largest absolute Gasteiger partial charge is 0.336 e. The number of anilines is 1. The zero-order valence-electron chi connectivity index (χ0n) is 9.68. The third kappa shape index (κ3) is 4.81. The van der Waals surface area contributed by atoms with Crippen LogP contribution in [0, 0.1) is 0 Å². The molecular weight excluding hydrogens is 261 g/mol. The zero-order valence-corrected chi connectivity index (χ0v) is 11.2. The van der Waals surface area contributed by atoms with Crippen molar-refractivity contribution >= 4 is 34.9 Å². The summed E-state index contributed by atoms with van der Waals surface area (Å²) in [5.41, 5.74) is 0.494. The van der Waals surface area contributed by atoms with E-state index in [1.54, 1.807) is 18.2 Å². The van der Waals surface area contributed by atoms with Crippen LogP contribution in [0.1, 0.15) is 6.92 Å². The lowest BCUT2D eigenvalue weighted by molar-refractivity contribution is 0.251. The fourth-order valence-corrected chi connectivity index (χ4v) is 1.44. The maximum atomic E-state index is 11.5. The van der Waals surface area contributed by atoms with Crippen LogP contribution in [-0.4, -0.2) is 25.7 Å². The molecule has 2 amide bonds. The Morgan fingerprint density at radius 2 is 2.12 bits per heavy atom. The molecule has 1 unspecified atom stereocenters. The molecule has 0 saturated heterocycles. The van der Waals surface area contributed by atoms with Crippen LogP contribution >= 0.6 is 23.2 Å². The minimum atomic E-state index is -0.309. The third-order valence-electron chi connectivity index (χ3n) is 2.24. The van der Waals surface area contributed by atoms with Crippen LogP contribution in [0.4, 0.5) is 10.5 Å². The smallest absolute Gasteiger partial charge is 0.319 e. The van der Waals surface area contributed by atoms with Crippen molar-refractivity contribution in [1.29, 1.82) is 0 Å². The van der Waals surface area contributed by atoms with Gasteiger partial charge in [-0.15, -0.1) is 0 Å². The molecule has 0 aliphatic rings. The van der Waals surface area contributed by atoms with Crippen molar-refractivity contribution in [2.24, 2.45) is 0 Å². The van der Waals surface area contributed by atoms with E-state index in [9.17, 15) is 4.79 Å². The number of nitrogens with one attached hydrogen (secondary N) is 3. The molecule has 0 aliphatic carbocycles. The van der Waals surface area contributed by atoms with Crippen molar-refractivity contribution in [1.82, 2.24) is 10.6 Å². The lowest BCUT2D eigenvalue weighted by atomic mass is 10.3. The lowest BCUT2D eigenvalue weighted by Crippen LogP contribution is -2.39. The Morgan fingerprint density at radius 1 is 1.41 bits per heavy atom. The SMILES string of the molecule is CNC(C)CNC(=O)Nc1cc(Cl)ccc1Cl. The second kappa shape index (κ2) is 6.69. The molecule has 94 valence electrons. The number of likely N-dealkylation sites (N-methyl/N-ethyl adjacent to an activating group) is 1. The predicted octanol–water partition coefficient (Wildman–Crippen LogP) is 2.72. The average Bonchev–Trinajstić information content (AvgIpc) is 2.30. The molecule has 0 heterocycles. The summed E-state index contributed by atoms with van der Waals surface area (Å²) in [7, 11) is 1.83. The lowest BCUT2D eigenvalue weighted by Gasteiger charge is -2.13. The highest BCUT2D eigenvalue weighted by Crippen LogP contribution is 2.25. The minimum Gasteiger partial charge on any atom is -0.336 e. The molecule has 0 spiro atoms. The van der Waals surface area contributed by atoms with Crippen molar-refractivity contribution in [2.45, 2.75) is 13.0 Å². The Morgan fingerprint density at radius 3 is 2.76 bits per heavy atom. The first-order chi connectivity index (χ1) is 8.02. The Balaban J connectivity index is 2.53. The van der Waals surface area contributed by atoms with E-state index in [4.69, 9.17) is 23.2 Å². The van der Waals surface area contributed by atoms with Gasteiger partial charge in [0.1, 0.15) is 0 Å². The number of halogens is 2. The molecule has 1 atom stereocenters. The number of urea groups is 1. The summed E-state index contributed by atoms with van der Waals surface area (Å²) in [4.78, 5) is 11.5. The number of hydrogen-bond donors (Lipinski definition) is 3. The number of amides is 2. The summed E-state index contributed by atoms with van der Waals surface area (Å²) in [6, 6.07) is 4.79. The van der Waals surface area contributed by atoms with E-state index in [-0.39, 0.29) is 12.1 Å². The second-order valence-electron chi connectivity index (χ2n) is 3.65. The van der Waals surface area contributed by atoms with Crippen LogP contribution in [0.25, 0.3) is 0 Å². The Labute approximate surface area is 111 Å². The van der Waals surface area contributed by atoms with Crippen LogP contribution < -0.4 is 16.0 Å². The molecule has 0 saturated carbocycles. The summed E-state index contributed by atoms with van der Waals surface area (Å²) in [6.45, 7) is 2.49. The molecular formula is C11H15Cl2N3O. The summed E-state index contributed by atoms with van der Waals surface area (Å²) in [6.07, 6.45) is 0. The van der Waals surface area contributed by atoms with Gasteiger partial charge in [0, 0.05) is 17.6 Å². The van der Waals surface area contributed by atoms with E-state index in [0.717, 1.165) is 0 Å². The first kappa shape index (κ1) is 14.1. The predicted molar refractivity (Wildman–Crippen MR) is 72.0 cm³/mol. The number of hydrogen-bond acceptors (Lipinski definition) is 2. The summed E-state index contributed by atoms with van der Waals surface area (Å²) in [5.74, 6) is 0. The summed E-state index contributed by atoms with van der Waals surface area (Å²) >= 11 is 11.7. The van der Waals surface area contributed by atoms with E-state index in [0.29, 0.717) is 22.3 Å². The van der Waals surface area contributed by atoms with Gasteiger partial charge in [0.2, 0.25) is 0 Å². The Kier molecular flexibility index (Phi) is 5.55. The maximum absolute atomic E-state index is 11.5. The number of carbonyl (C=O) groups excluding carboxylic acids is 1. The number of benzene rings is 1. The van der Waals surface area contributed by atoms with E-state index in [1.807, 2.05) is 14.0 Å². The van der Waals surface area contributed by atoms with Crippen molar-refractivity contribution < 1.29 is 4.79 Å². The standard InChI is InChI=1S/C11H15Cl2N3O/c1-7(14-2)6-15-11(17)16-10-5-8(12)3-4-9(10)13/h3-5,7,14H,6H2,1-2H3,(H2,15,16,17). The van der Waals surface area contributed by atoms with Crippen LogP contribution in [0.5, 0.6) is 0 Å². The molecule has 1 rings (SSSR count).